The van der Waals surface area contributed by atoms with Crippen molar-refractivity contribution in [3.8, 4) is 0 Å². The van der Waals surface area contributed by atoms with Gasteiger partial charge in [-0.2, -0.15) is 5.10 Å². The van der Waals surface area contributed by atoms with E-state index < -0.39 is 17.9 Å². The van der Waals surface area contributed by atoms with Gasteiger partial charge in [0.05, 0.1) is 17.5 Å². The summed E-state index contributed by atoms with van der Waals surface area (Å²) in [6.45, 7) is 2.93. The maximum Gasteiger partial charge on any atom is 0.326 e. The molecule has 2 rings (SSSR count). The number of hydrogen-bond acceptors (Lipinski definition) is 5. The maximum absolute atomic E-state index is 12.8. The first-order chi connectivity index (χ1) is 12.7. The lowest BCUT2D eigenvalue weighted by molar-refractivity contribution is -0.149. The number of fused-ring (bicyclic) bond motifs is 1. The summed E-state index contributed by atoms with van der Waals surface area (Å²) in [6, 6.07) is 5.76. The lowest BCUT2D eigenvalue weighted by atomic mass is 10.1. The normalized spacial score (nSPS) is 11.8. The Kier molecular flexibility index (Phi) is 6.27. The third-order valence-corrected chi connectivity index (χ3v) is 4.22. The van der Waals surface area contributed by atoms with Crippen LogP contribution >= 0.6 is 0 Å². The van der Waals surface area contributed by atoms with E-state index >= 15 is 0 Å². The highest BCUT2D eigenvalue weighted by molar-refractivity contribution is 5.90. The molecule has 0 spiro atoms. The van der Waals surface area contributed by atoms with E-state index in [1.165, 1.54) is 25.8 Å². The van der Waals surface area contributed by atoms with E-state index in [0.29, 0.717) is 16.5 Å². The van der Waals surface area contributed by atoms with Crippen molar-refractivity contribution in [1.82, 2.24) is 20.0 Å². The van der Waals surface area contributed by atoms with E-state index in [2.05, 4.69) is 10.4 Å². The summed E-state index contributed by atoms with van der Waals surface area (Å²) < 4.78 is 1.16. The van der Waals surface area contributed by atoms with Gasteiger partial charge < -0.3 is 15.3 Å². The fourth-order valence-corrected chi connectivity index (χ4v) is 2.77. The van der Waals surface area contributed by atoms with Crippen LogP contribution in [-0.4, -0.2) is 56.7 Å². The molecule has 0 radical (unpaired) electrons. The molecule has 1 aromatic carbocycles. The molecule has 0 aliphatic carbocycles. The Balaban J connectivity index is 2.32. The Bertz CT molecular complexity index is 937. The molecule has 0 aliphatic heterocycles. The van der Waals surface area contributed by atoms with Crippen molar-refractivity contribution in [2.75, 3.05) is 13.1 Å². The zero-order valence-corrected chi connectivity index (χ0v) is 15.4. The van der Waals surface area contributed by atoms with Crippen molar-refractivity contribution in [3.63, 3.8) is 0 Å². The van der Waals surface area contributed by atoms with Crippen LogP contribution in [0.5, 0.6) is 0 Å². The van der Waals surface area contributed by atoms with Crippen LogP contribution in [0.2, 0.25) is 0 Å². The minimum absolute atomic E-state index is 0.0512. The number of aliphatic carboxylic acids is 1. The van der Waals surface area contributed by atoms with Gasteiger partial charge in [0.25, 0.3) is 5.56 Å². The van der Waals surface area contributed by atoms with Crippen LogP contribution in [0.3, 0.4) is 0 Å². The van der Waals surface area contributed by atoms with E-state index in [1.807, 2.05) is 0 Å². The van der Waals surface area contributed by atoms with Gasteiger partial charge in [0.2, 0.25) is 11.8 Å². The molecular weight excluding hydrogens is 352 g/mol. The Morgan fingerprint density at radius 1 is 1.26 bits per heavy atom. The summed E-state index contributed by atoms with van der Waals surface area (Å²) in [6.07, 6.45) is -0.160. The topological polar surface area (TPSA) is 122 Å². The number of nitrogens with zero attached hydrogens (tertiary/aromatic N) is 3. The van der Waals surface area contributed by atoms with Crippen LogP contribution in [0.4, 0.5) is 0 Å². The molecule has 1 heterocycles. The second-order valence-electron chi connectivity index (χ2n) is 6.18. The molecule has 9 heteroatoms. The summed E-state index contributed by atoms with van der Waals surface area (Å²) in [5.41, 5.74) is 0.114. The van der Waals surface area contributed by atoms with Crippen LogP contribution in [0.1, 0.15) is 19.5 Å². The summed E-state index contributed by atoms with van der Waals surface area (Å²) in [5, 5.41) is 17.0. The third kappa shape index (κ3) is 4.69. The summed E-state index contributed by atoms with van der Waals surface area (Å²) in [7, 11) is 1.50. The van der Waals surface area contributed by atoms with Crippen LogP contribution in [0, 0.1) is 0 Å². The molecule has 9 nitrogen and oxygen atoms in total. The van der Waals surface area contributed by atoms with Gasteiger partial charge in [0.1, 0.15) is 6.04 Å². The number of carboxylic acids is 1. The van der Waals surface area contributed by atoms with Crippen LogP contribution in [-0.2, 0) is 27.9 Å². The summed E-state index contributed by atoms with van der Waals surface area (Å²) in [5.74, 6) is -1.87. The molecule has 0 fully saturated rings. The zero-order valence-electron chi connectivity index (χ0n) is 15.4. The molecule has 2 amide bonds. The maximum atomic E-state index is 12.8. The molecule has 0 aliphatic rings. The van der Waals surface area contributed by atoms with Crippen molar-refractivity contribution >= 4 is 28.6 Å². The quantitative estimate of drug-likeness (QED) is 0.699. The monoisotopic (exact) mass is 374 g/mol. The highest BCUT2D eigenvalue weighted by Crippen LogP contribution is 2.15. The highest BCUT2D eigenvalue weighted by atomic mass is 16.4. The lowest BCUT2D eigenvalue weighted by Crippen LogP contribution is -2.47. The van der Waals surface area contributed by atoms with Crippen molar-refractivity contribution in [2.45, 2.75) is 26.3 Å². The number of aryl methyl sites for hydroxylation is 1. The molecular formula is C18H22N4O5. The van der Waals surface area contributed by atoms with Gasteiger partial charge in [-0.05, 0) is 13.0 Å². The number of nitrogens with one attached hydrogen (secondary N) is 1. The minimum Gasteiger partial charge on any atom is -0.480 e. The molecule has 27 heavy (non-hydrogen) atoms. The van der Waals surface area contributed by atoms with Gasteiger partial charge in [-0.25, -0.2) is 9.48 Å². The van der Waals surface area contributed by atoms with Gasteiger partial charge >= 0.3 is 5.97 Å². The largest absolute Gasteiger partial charge is 0.480 e. The van der Waals surface area contributed by atoms with Gasteiger partial charge in [-0.15, -0.1) is 0 Å². The molecule has 0 saturated carbocycles. The zero-order chi connectivity index (χ0) is 20.1. The Morgan fingerprint density at radius 2 is 1.89 bits per heavy atom. The van der Waals surface area contributed by atoms with E-state index in [4.69, 9.17) is 0 Å². The molecule has 0 bridgehead atoms. The van der Waals surface area contributed by atoms with E-state index in [9.17, 15) is 24.3 Å². The molecule has 144 valence electrons. The Morgan fingerprint density at radius 3 is 2.48 bits per heavy atom. The number of carboxylic acid groups (broad SMARTS) is 1. The predicted octanol–water partition coefficient (Wildman–Crippen LogP) is -0.0862. The van der Waals surface area contributed by atoms with Crippen LogP contribution in [0.25, 0.3) is 10.8 Å². The SMILES string of the molecule is CC(=O)NCCN(C(=O)Cc1nn(C)c(=O)c2ccccc12)C(C)C(=O)O. The third-order valence-electron chi connectivity index (χ3n) is 4.22. The minimum atomic E-state index is -1.15. The van der Waals surface area contributed by atoms with Crippen molar-refractivity contribution in [2.24, 2.45) is 7.05 Å². The van der Waals surface area contributed by atoms with Crippen molar-refractivity contribution < 1.29 is 19.5 Å². The van der Waals surface area contributed by atoms with Crippen LogP contribution in [0.15, 0.2) is 29.1 Å². The number of hydrogen-bond donors (Lipinski definition) is 2. The fourth-order valence-electron chi connectivity index (χ4n) is 2.77. The lowest BCUT2D eigenvalue weighted by Gasteiger charge is -2.26. The first kappa shape index (κ1) is 20.1. The van der Waals surface area contributed by atoms with E-state index in [1.54, 1.807) is 24.3 Å². The molecule has 1 atom stereocenters. The Labute approximate surface area is 155 Å². The number of benzene rings is 1. The van der Waals surface area contributed by atoms with Crippen LogP contribution < -0.4 is 10.9 Å². The fraction of sp³-hybridized carbons (Fsp3) is 0.389. The van der Waals surface area contributed by atoms with Gasteiger partial charge in [-0.3, -0.25) is 14.4 Å². The van der Waals surface area contributed by atoms with Crippen molar-refractivity contribution in [1.29, 1.82) is 0 Å². The van der Waals surface area contributed by atoms with E-state index in [0.717, 1.165) is 4.68 Å². The number of carbonyl (C=O) groups is 3. The summed E-state index contributed by atoms with van der Waals surface area (Å²) >= 11 is 0. The van der Waals surface area contributed by atoms with Gasteiger partial charge in [-0.1, -0.05) is 18.2 Å². The highest BCUT2D eigenvalue weighted by Gasteiger charge is 2.26. The molecule has 2 aromatic rings. The Hall–Kier alpha value is -3.23. The first-order valence-corrected chi connectivity index (χ1v) is 8.44. The van der Waals surface area contributed by atoms with Crippen molar-refractivity contribution in [3.05, 3.63) is 40.3 Å². The molecule has 1 unspecified atom stereocenters. The number of amides is 2. The smallest absolute Gasteiger partial charge is 0.326 e. The average Bonchev–Trinajstić information content (AvgIpc) is 2.62. The molecule has 0 saturated heterocycles. The number of carbonyl (C=O) groups excluding carboxylic acids is 2. The van der Waals surface area contributed by atoms with Gasteiger partial charge in [0, 0.05) is 32.4 Å². The molecule has 2 N–H and O–H groups in total. The predicted molar refractivity (Wildman–Crippen MR) is 98.2 cm³/mol. The average molecular weight is 374 g/mol. The van der Waals surface area contributed by atoms with E-state index in [-0.39, 0.29) is 31.0 Å². The number of aromatic nitrogens is 2. The second kappa shape index (κ2) is 8.43. The summed E-state index contributed by atoms with van der Waals surface area (Å²) in [4.78, 5) is 48.6. The number of rotatable bonds is 7. The second-order valence-corrected chi connectivity index (χ2v) is 6.18. The molecule has 1 aromatic heterocycles. The van der Waals surface area contributed by atoms with Gasteiger partial charge in [0.15, 0.2) is 0 Å². The standard InChI is InChI=1S/C18H22N4O5/c1-11(18(26)27)22(9-8-19-12(2)23)16(24)10-15-13-6-4-5-7-14(13)17(25)21(3)20-15/h4-7,11H,8-10H2,1-3H3,(H,19,23)(H,26,27). The first-order valence-electron chi connectivity index (χ1n) is 8.44.